The largest absolute Gasteiger partial charge is 0.411 e. The molecule has 0 aromatic heterocycles. The molecule has 1 aromatic rings. The zero-order valence-corrected chi connectivity index (χ0v) is 9.26. The molecule has 0 aliphatic heterocycles. The molecule has 3 nitrogen and oxygen atoms in total. The van der Waals surface area contributed by atoms with Gasteiger partial charge >= 0.3 is 6.18 Å². The second-order valence-corrected chi connectivity index (χ2v) is 3.40. The third kappa shape index (κ3) is 5.13. The second-order valence-electron chi connectivity index (χ2n) is 3.40. The van der Waals surface area contributed by atoms with Gasteiger partial charge in [0.15, 0.2) is 0 Å². The predicted molar refractivity (Wildman–Crippen MR) is 55.6 cm³/mol. The molecule has 1 aromatic carbocycles. The Balaban J connectivity index is 2.28. The fourth-order valence-electron chi connectivity index (χ4n) is 1.17. The average Bonchev–Trinajstić information content (AvgIpc) is 2.27. The molecule has 0 saturated carbocycles. The lowest BCUT2D eigenvalue weighted by Crippen LogP contribution is -2.29. The van der Waals surface area contributed by atoms with Crippen molar-refractivity contribution < 1.29 is 27.1 Å². The van der Waals surface area contributed by atoms with Gasteiger partial charge in [-0.15, -0.1) is 0 Å². The van der Waals surface area contributed by atoms with Crippen molar-refractivity contribution in [2.45, 2.75) is 6.18 Å². The quantitative estimate of drug-likeness (QED) is 0.654. The van der Waals surface area contributed by atoms with Crippen LogP contribution in [0, 0.1) is 5.82 Å². The predicted octanol–water partition coefficient (Wildman–Crippen LogP) is 2.13. The number of halogens is 4. The molecule has 1 N–H and O–H groups in total. The smallest absolute Gasteiger partial charge is 0.370 e. The normalized spacial score (nSPS) is 11.3. The monoisotopic (exact) mass is 265 g/mol. The molecule has 0 aliphatic rings. The van der Waals surface area contributed by atoms with Crippen LogP contribution in [-0.4, -0.2) is 31.8 Å². The number of benzene rings is 1. The van der Waals surface area contributed by atoms with Crippen LogP contribution in [0.2, 0.25) is 0 Å². The molecule has 0 radical (unpaired) electrons. The molecule has 0 atom stereocenters. The summed E-state index contributed by atoms with van der Waals surface area (Å²) in [5.74, 6) is -1.38. The van der Waals surface area contributed by atoms with E-state index in [-0.39, 0.29) is 18.7 Å². The van der Waals surface area contributed by atoms with Gasteiger partial charge in [0.25, 0.3) is 5.91 Å². The number of ether oxygens (including phenoxy) is 1. The van der Waals surface area contributed by atoms with Gasteiger partial charge in [-0.25, -0.2) is 4.39 Å². The first-order chi connectivity index (χ1) is 8.40. The molecule has 0 bridgehead atoms. The van der Waals surface area contributed by atoms with Crippen LogP contribution in [0.5, 0.6) is 0 Å². The molecule has 0 spiro atoms. The Labute approximate surface area is 101 Å². The lowest BCUT2D eigenvalue weighted by Gasteiger charge is -2.08. The number of hydrogen-bond donors (Lipinski definition) is 1. The van der Waals surface area contributed by atoms with Gasteiger partial charge in [-0.1, -0.05) is 12.1 Å². The van der Waals surface area contributed by atoms with Crippen molar-refractivity contribution in [3.63, 3.8) is 0 Å². The number of carbonyl (C=O) groups is 1. The minimum absolute atomic E-state index is 0.122. The van der Waals surface area contributed by atoms with Gasteiger partial charge in [0, 0.05) is 6.54 Å². The van der Waals surface area contributed by atoms with Gasteiger partial charge in [-0.05, 0) is 12.1 Å². The second kappa shape index (κ2) is 6.34. The van der Waals surface area contributed by atoms with Crippen LogP contribution in [0.1, 0.15) is 10.4 Å². The fraction of sp³-hybridized carbons (Fsp3) is 0.364. The highest BCUT2D eigenvalue weighted by Crippen LogP contribution is 2.14. The van der Waals surface area contributed by atoms with E-state index in [1.165, 1.54) is 18.2 Å². The number of nitrogens with one attached hydrogen (secondary N) is 1. The standard InChI is InChI=1S/C11H11F4NO2/c12-9-4-2-1-3-8(9)10(17)16-5-6-18-7-11(13,14)15/h1-4H,5-7H2,(H,16,17). The molecule has 18 heavy (non-hydrogen) atoms. The van der Waals surface area contributed by atoms with Crippen LogP contribution in [0.25, 0.3) is 0 Å². The topological polar surface area (TPSA) is 38.3 Å². The molecular formula is C11H11F4NO2. The van der Waals surface area contributed by atoms with E-state index in [0.29, 0.717) is 0 Å². The first kappa shape index (κ1) is 14.4. The maximum absolute atomic E-state index is 13.1. The van der Waals surface area contributed by atoms with Gasteiger partial charge < -0.3 is 10.1 Å². The van der Waals surface area contributed by atoms with Crippen molar-refractivity contribution in [2.24, 2.45) is 0 Å². The Morgan fingerprint density at radius 2 is 1.94 bits per heavy atom. The minimum Gasteiger partial charge on any atom is -0.370 e. The Hall–Kier alpha value is -1.63. The van der Waals surface area contributed by atoms with E-state index < -0.39 is 24.5 Å². The van der Waals surface area contributed by atoms with E-state index in [9.17, 15) is 22.4 Å². The highest BCUT2D eigenvalue weighted by molar-refractivity contribution is 5.94. The fourth-order valence-corrected chi connectivity index (χ4v) is 1.17. The minimum atomic E-state index is -4.39. The highest BCUT2D eigenvalue weighted by atomic mass is 19.4. The van der Waals surface area contributed by atoms with E-state index in [1.54, 1.807) is 0 Å². The SMILES string of the molecule is O=C(NCCOCC(F)(F)F)c1ccccc1F. The summed E-state index contributed by atoms with van der Waals surface area (Å²) >= 11 is 0. The summed E-state index contributed by atoms with van der Waals surface area (Å²) in [6, 6.07) is 5.31. The summed E-state index contributed by atoms with van der Waals surface area (Å²) in [7, 11) is 0. The summed E-state index contributed by atoms with van der Waals surface area (Å²) in [5, 5.41) is 2.25. The van der Waals surface area contributed by atoms with Gasteiger partial charge in [0.05, 0.1) is 12.2 Å². The molecule has 0 heterocycles. The van der Waals surface area contributed by atoms with Crippen molar-refractivity contribution in [1.82, 2.24) is 5.32 Å². The summed E-state index contributed by atoms with van der Waals surface area (Å²) in [6.07, 6.45) is -4.39. The Bertz CT molecular complexity index is 406. The molecule has 0 unspecified atom stereocenters. The molecular weight excluding hydrogens is 254 g/mol. The third-order valence-electron chi connectivity index (χ3n) is 1.92. The van der Waals surface area contributed by atoms with Crippen molar-refractivity contribution in [3.05, 3.63) is 35.6 Å². The van der Waals surface area contributed by atoms with Gasteiger partial charge in [0.1, 0.15) is 12.4 Å². The molecule has 1 rings (SSSR count). The zero-order valence-electron chi connectivity index (χ0n) is 9.26. The molecule has 1 amide bonds. The number of amides is 1. The van der Waals surface area contributed by atoms with E-state index in [0.717, 1.165) is 6.07 Å². The summed E-state index contributed by atoms with van der Waals surface area (Å²) in [6.45, 7) is -1.79. The van der Waals surface area contributed by atoms with Crippen molar-refractivity contribution in [1.29, 1.82) is 0 Å². The number of rotatable bonds is 5. The maximum Gasteiger partial charge on any atom is 0.411 e. The molecule has 0 fully saturated rings. The average molecular weight is 265 g/mol. The number of alkyl halides is 3. The molecule has 0 saturated heterocycles. The summed E-state index contributed by atoms with van der Waals surface area (Å²) in [4.78, 5) is 11.4. The molecule has 0 aliphatic carbocycles. The van der Waals surface area contributed by atoms with Crippen LogP contribution >= 0.6 is 0 Å². The van der Waals surface area contributed by atoms with Gasteiger partial charge in [0.2, 0.25) is 0 Å². The Morgan fingerprint density at radius 3 is 2.56 bits per heavy atom. The number of carbonyl (C=O) groups excluding carboxylic acids is 1. The highest BCUT2D eigenvalue weighted by Gasteiger charge is 2.27. The van der Waals surface area contributed by atoms with Crippen LogP contribution in [0.4, 0.5) is 17.6 Å². The first-order valence-corrected chi connectivity index (χ1v) is 5.07. The third-order valence-corrected chi connectivity index (χ3v) is 1.92. The van der Waals surface area contributed by atoms with E-state index in [2.05, 4.69) is 10.1 Å². The zero-order chi connectivity index (χ0) is 13.6. The van der Waals surface area contributed by atoms with Crippen LogP contribution in [0.3, 0.4) is 0 Å². The lowest BCUT2D eigenvalue weighted by molar-refractivity contribution is -0.173. The molecule has 7 heteroatoms. The van der Waals surface area contributed by atoms with E-state index >= 15 is 0 Å². The van der Waals surface area contributed by atoms with E-state index in [1.807, 2.05) is 0 Å². The lowest BCUT2D eigenvalue weighted by atomic mass is 10.2. The molecule has 100 valence electrons. The van der Waals surface area contributed by atoms with Crippen LogP contribution < -0.4 is 5.32 Å². The van der Waals surface area contributed by atoms with Crippen LogP contribution in [0.15, 0.2) is 24.3 Å². The Morgan fingerprint density at radius 1 is 1.28 bits per heavy atom. The summed E-state index contributed by atoms with van der Waals surface area (Å²) in [5.41, 5.74) is -0.159. The maximum atomic E-state index is 13.1. The van der Waals surface area contributed by atoms with Gasteiger partial charge in [-0.2, -0.15) is 13.2 Å². The number of hydrogen-bond acceptors (Lipinski definition) is 2. The first-order valence-electron chi connectivity index (χ1n) is 5.07. The summed E-state index contributed by atoms with van der Waals surface area (Å²) < 4.78 is 52.5. The van der Waals surface area contributed by atoms with Crippen molar-refractivity contribution in [2.75, 3.05) is 19.8 Å². The van der Waals surface area contributed by atoms with Crippen LogP contribution in [-0.2, 0) is 4.74 Å². The van der Waals surface area contributed by atoms with Crippen molar-refractivity contribution >= 4 is 5.91 Å². The van der Waals surface area contributed by atoms with Crippen molar-refractivity contribution in [3.8, 4) is 0 Å². The van der Waals surface area contributed by atoms with E-state index in [4.69, 9.17) is 0 Å². The Kier molecular flexibility index (Phi) is 5.08. The van der Waals surface area contributed by atoms with Gasteiger partial charge in [-0.3, -0.25) is 4.79 Å².